The molecule has 190 valence electrons. The second-order valence-electron chi connectivity index (χ2n) is 7.76. The molecule has 0 spiro atoms. The maximum absolute atomic E-state index is 12.6. The Hall–Kier alpha value is -3.39. The Morgan fingerprint density at radius 2 is 1.81 bits per heavy atom. The second kappa shape index (κ2) is 12.2. The first-order valence-electron chi connectivity index (χ1n) is 11.3. The fraction of sp³-hybridized carbons (Fsp3) is 0.143. The van der Waals surface area contributed by atoms with Crippen molar-refractivity contribution in [2.45, 2.75) is 13.5 Å². The lowest BCUT2D eigenvalue weighted by molar-refractivity contribution is -0.138. The topological polar surface area (TPSA) is 77.4 Å². The molecule has 37 heavy (non-hydrogen) atoms. The first kappa shape index (κ1) is 26.7. The van der Waals surface area contributed by atoms with Crippen molar-refractivity contribution in [2.75, 3.05) is 13.7 Å². The number of carbonyl (C=O) groups is 1. The van der Waals surface area contributed by atoms with E-state index in [9.17, 15) is 9.90 Å². The Labute approximate surface area is 229 Å². The summed E-state index contributed by atoms with van der Waals surface area (Å²) in [5.74, 6) is -0.0503. The van der Waals surface area contributed by atoms with Crippen LogP contribution in [0.3, 0.4) is 0 Å². The number of thioether (sulfide) groups is 1. The van der Waals surface area contributed by atoms with Gasteiger partial charge in [0.25, 0.3) is 0 Å². The van der Waals surface area contributed by atoms with E-state index >= 15 is 0 Å². The molecule has 4 rings (SSSR count). The van der Waals surface area contributed by atoms with Crippen molar-refractivity contribution in [3.8, 4) is 11.5 Å². The van der Waals surface area contributed by atoms with E-state index in [-0.39, 0.29) is 24.5 Å². The Bertz CT molecular complexity index is 1390. The molecule has 0 aromatic heterocycles. The van der Waals surface area contributed by atoms with Crippen LogP contribution in [0.5, 0.6) is 11.5 Å². The first-order valence-corrected chi connectivity index (χ1v) is 12.9. The molecule has 0 bridgehead atoms. The lowest BCUT2D eigenvalue weighted by Gasteiger charge is -2.14. The summed E-state index contributed by atoms with van der Waals surface area (Å²) in [6.07, 6.45) is 1.70. The molecule has 0 atom stereocenters. The lowest BCUT2D eigenvalue weighted by Crippen LogP contribution is -2.12. The quantitative estimate of drug-likeness (QED) is 0.286. The van der Waals surface area contributed by atoms with Gasteiger partial charge in [0.15, 0.2) is 11.5 Å². The van der Waals surface area contributed by atoms with Gasteiger partial charge >= 0.3 is 5.97 Å². The zero-order valence-corrected chi connectivity index (χ0v) is 22.4. The van der Waals surface area contributed by atoms with Crippen molar-refractivity contribution < 1.29 is 24.1 Å². The average molecular weight is 556 g/mol. The number of carbonyl (C=O) groups excluding carboxylic acids is 1. The van der Waals surface area contributed by atoms with Crippen molar-refractivity contribution in [1.82, 2.24) is 0 Å². The van der Waals surface area contributed by atoms with E-state index < -0.39 is 5.97 Å². The highest BCUT2D eigenvalue weighted by Gasteiger charge is 2.33. The summed E-state index contributed by atoms with van der Waals surface area (Å²) in [5.41, 5.74) is 2.22. The van der Waals surface area contributed by atoms with Crippen LogP contribution in [0.15, 0.2) is 88.0 Å². The molecule has 0 unspecified atom stereocenters. The third kappa shape index (κ3) is 6.49. The number of aliphatic hydroxyl groups is 1. The summed E-state index contributed by atoms with van der Waals surface area (Å²) in [6, 6.07) is 19.9. The van der Waals surface area contributed by atoms with E-state index in [1.54, 1.807) is 37.3 Å². The number of esters is 1. The maximum atomic E-state index is 12.6. The summed E-state index contributed by atoms with van der Waals surface area (Å²) < 4.78 is 16.6. The maximum Gasteiger partial charge on any atom is 0.344 e. The normalized spacial score (nSPS) is 15.4. The molecule has 1 aliphatic heterocycles. The van der Waals surface area contributed by atoms with Crippen LogP contribution in [0.1, 0.15) is 18.1 Å². The van der Waals surface area contributed by atoms with Crippen LogP contribution in [-0.2, 0) is 16.1 Å². The molecule has 3 aromatic rings. The number of ether oxygens (including phenoxy) is 3. The Morgan fingerprint density at radius 1 is 1.08 bits per heavy atom. The Morgan fingerprint density at radius 3 is 2.49 bits per heavy atom. The standard InChI is InChI=1S/C28H23Cl2NO5S/c1-3-35-28(33)24-25(32)23(37-27(24)31-20-7-5-4-6-8-20)15-18-13-21(30)26(22(14-18)34-2)36-16-17-9-11-19(29)12-10-17/h4-15,32H,3,16H2,1-2H3/b23-15-,31-27?. The predicted octanol–water partition coefficient (Wildman–Crippen LogP) is 7.77. The number of aliphatic imine (C=N–C) groups is 1. The minimum absolute atomic E-state index is 0.0166. The van der Waals surface area contributed by atoms with Crippen molar-refractivity contribution in [2.24, 2.45) is 4.99 Å². The van der Waals surface area contributed by atoms with Gasteiger partial charge in [-0.05, 0) is 60.5 Å². The van der Waals surface area contributed by atoms with Crippen molar-refractivity contribution >= 4 is 57.7 Å². The molecule has 1 heterocycles. The molecule has 0 saturated carbocycles. The number of halogens is 2. The smallest absolute Gasteiger partial charge is 0.344 e. The molecule has 1 aliphatic rings. The van der Waals surface area contributed by atoms with Crippen LogP contribution >= 0.6 is 35.0 Å². The highest BCUT2D eigenvalue weighted by molar-refractivity contribution is 8.18. The molecule has 6 nitrogen and oxygen atoms in total. The number of methoxy groups -OCH3 is 1. The fourth-order valence-corrected chi connectivity index (χ4v) is 4.90. The van der Waals surface area contributed by atoms with E-state index in [4.69, 9.17) is 37.4 Å². The van der Waals surface area contributed by atoms with Crippen LogP contribution in [0, 0.1) is 0 Å². The number of para-hydroxylation sites is 1. The van der Waals surface area contributed by atoms with Crippen LogP contribution in [-0.4, -0.2) is 29.8 Å². The Balaban J connectivity index is 1.65. The number of nitrogens with zero attached hydrogens (tertiary/aromatic N) is 1. The molecule has 0 aliphatic carbocycles. The van der Waals surface area contributed by atoms with Crippen LogP contribution < -0.4 is 9.47 Å². The highest BCUT2D eigenvalue weighted by Crippen LogP contribution is 2.42. The SMILES string of the molecule is CCOC(=O)C1=C(O)/C(=C/c2cc(Cl)c(OCc3ccc(Cl)cc3)c(OC)c2)SC1=Nc1ccccc1. The monoisotopic (exact) mass is 555 g/mol. The molecule has 3 aromatic carbocycles. The van der Waals surface area contributed by atoms with Gasteiger partial charge in [-0.25, -0.2) is 9.79 Å². The summed E-state index contributed by atoms with van der Waals surface area (Å²) >= 11 is 13.7. The number of aliphatic hydroxyl groups excluding tert-OH is 1. The third-order valence-corrected chi connectivity index (χ3v) is 6.76. The van der Waals surface area contributed by atoms with E-state index in [2.05, 4.69) is 4.99 Å². The molecule has 9 heteroatoms. The van der Waals surface area contributed by atoms with Gasteiger partial charge in [0.05, 0.1) is 29.3 Å². The minimum Gasteiger partial charge on any atom is -0.506 e. The zero-order chi connectivity index (χ0) is 26.4. The van der Waals surface area contributed by atoms with Gasteiger partial charge in [-0.15, -0.1) is 0 Å². The van der Waals surface area contributed by atoms with E-state index in [0.29, 0.717) is 42.7 Å². The molecule has 0 radical (unpaired) electrons. The summed E-state index contributed by atoms with van der Waals surface area (Å²) in [7, 11) is 1.52. The predicted molar refractivity (Wildman–Crippen MR) is 149 cm³/mol. The minimum atomic E-state index is -0.646. The number of rotatable bonds is 8. The van der Waals surface area contributed by atoms with Gasteiger partial charge in [-0.1, -0.05) is 65.3 Å². The largest absolute Gasteiger partial charge is 0.506 e. The highest BCUT2D eigenvalue weighted by atomic mass is 35.5. The number of hydrogen-bond donors (Lipinski definition) is 1. The molecule has 1 N–H and O–H groups in total. The van der Waals surface area contributed by atoms with E-state index in [0.717, 1.165) is 17.3 Å². The van der Waals surface area contributed by atoms with Gasteiger partial charge in [0.1, 0.15) is 23.0 Å². The van der Waals surface area contributed by atoms with Gasteiger partial charge in [-0.2, -0.15) is 0 Å². The molecular formula is C28H23Cl2NO5S. The number of benzene rings is 3. The molecule has 0 amide bonds. The molecular weight excluding hydrogens is 533 g/mol. The lowest BCUT2D eigenvalue weighted by atomic mass is 10.1. The van der Waals surface area contributed by atoms with E-state index in [1.165, 1.54) is 7.11 Å². The summed E-state index contributed by atoms with van der Waals surface area (Å²) in [5, 5.41) is 12.3. The number of hydrogen-bond acceptors (Lipinski definition) is 7. The van der Waals surface area contributed by atoms with Gasteiger partial charge < -0.3 is 19.3 Å². The first-order chi connectivity index (χ1) is 17.9. The fourth-order valence-electron chi connectivity index (χ4n) is 3.46. The van der Waals surface area contributed by atoms with E-state index in [1.807, 2.05) is 42.5 Å². The average Bonchev–Trinajstić information content (AvgIpc) is 3.19. The summed E-state index contributed by atoms with van der Waals surface area (Å²) in [6.45, 7) is 2.14. The van der Waals surface area contributed by atoms with Gasteiger partial charge in [-0.3, -0.25) is 0 Å². The van der Waals surface area contributed by atoms with Crippen LogP contribution in [0.4, 0.5) is 5.69 Å². The Kier molecular flexibility index (Phi) is 8.82. The zero-order valence-electron chi connectivity index (χ0n) is 20.0. The van der Waals surface area contributed by atoms with Crippen LogP contribution in [0.25, 0.3) is 6.08 Å². The van der Waals surface area contributed by atoms with Crippen molar-refractivity contribution in [3.63, 3.8) is 0 Å². The van der Waals surface area contributed by atoms with Gasteiger partial charge in [0, 0.05) is 5.02 Å². The summed E-state index contributed by atoms with van der Waals surface area (Å²) in [4.78, 5) is 17.6. The molecule has 0 saturated heterocycles. The second-order valence-corrected chi connectivity index (χ2v) is 9.63. The van der Waals surface area contributed by atoms with Gasteiger partial charge in [0.2, 0.25) is 0 Å². The van der Waals surface area contributed by atoms with Crippen LogP contribution in [0.2, 0.25) is 10.0 Å². The molecule has 0 fully saturated rings. The van der Waals surface area contributed by atoms with Crippen molar-refractivity contribution in [1.29, 1.82) is 0 Å². The third-order valence-electron chi connectivity index (χ3n) is 5.20. The van der Waals surface area contributed by atoms with Crippen molar-refractivity contribution in [3.05, 3.63) is 104 Å².